The SMILES string of the molecule is CC(Nc1cc(-c2n[nH]c(=O)o2)cc(F)c1C(F)(F)F)C1CCNCC1.Cl. The third-order valence-corrected chi connectivity index (χ3v) is 4.53. The van der Waals surface area contributed by atoms with Crippen LogP contribution in [0, 0.1) is 11.7 Å². The summed E-state index contributed by atoms with van der Waals surface area (Å²) in [4.78, 5) is 11.1. The van der Waals surface area contributed by atoms with E-state index >= 15 is 0 Å². The number of piperidine rings is 1. The minimum Gasteiger partial charge on any atom is -0.388 e. The second-order valence-corrected chi connectivity index (χ2v) is 6.32. The molecule has 2 aromatic rings. The number of anilines is 1. The molecule has 0 radical (unpaired) electrons. The first kappa shape index (κ1) is 21.2. The van der Waals surface area contributed by atoms with Crippen molar-refractivity contribution in [2.45, 2.75) is 32.0 Å². The fraction of sp³-hybridized carbons (Fsp3) is 0.500. The fourth-order valence-electron chi connectivity index (χ4n) is 3.19. The van der Waals surface area contributed by atoms with Crippen molar-refractivity contribution in [2.24, 2.45) is 5.92 Å². The predicted molar refractivity (Wildman–Crippen MR) is 93.4 cm³/mol. The zero-order valence-electron chi connectivity index (χ0n) is 14.3. The van der Waals surface area contributed by atoms with Crippen LogP contribution in [-0.4, -0.2) is 29.3 Å². The van der Waals surface area contributed by atoms with Gasteiger partial charge in [0.1, 0.15) is 11.4 Å². The van der Waals surface area contributed by atoms with Crippen LogP contribution in [0.1, 0.15) is 25.3 Å². The molecule has 1 saturated heterocycles. The molecule has 6 nitrogen and oxygen atoms in total. The third kappa shape index (κ3) is 4.81. The van der Waals surface area contributed by atoms with Gasteiger partial charge < -0.3 is 15.1 Å². The van der Waals surface area contributed by atoms with Gasteiger partial charge in [-0.15, -0.1) is 17.5 Å². The molecule has 1 aromatic carbocycles. The van der Waals surface area contributed by atoms with Crippen LogP contribution in [0.4, 0.5) is 23.2 Å². The molecule has 1 aromatic heterocycles. The molecule has 0 spiro atoms. The number of aromatic amines is 1. The molecular weight excluding hydrogens is 392 g/mol. The van der Waals surface area contributed by atoms with Gasteiger partial charge in [-0.1, -0.05) is 0 Å². The monoisotopic (exact) mass is 410 g/mol. The van der Waals surface area contributed by atoms with E-state index in [1.165, 1.54) is 0 Å². The minimum atomic E-state index is -4.87. The van der Waals surface area contributed by atoms with Gasteiger partial charge in [0.2, 0.25) is 5.89 Å². The molecule has 1 atom stereocenters. The van der Waals surface area contributed by atoms with Crippen molar-refractivity contribution >= 4 is 18.1 Å². The summed E-state index contributed by atoms with van der Waals surface area (Å²) in [5.41, 5.74) is -1.84. The van der Waals surface area contributed by atoms with E-state index in [2.05, 4.69) is 15.7 Å². The number of H-pyrrole nitrogens is 1. The van der Waals surface area contributed by atoms with Crippen LogP contribution >= 0.6 is 12.4 Å². The molecule has 11 heteroatoms. The summed E-state index contributed by atoms with van der Waals surface area (Å²) < 4.78 is 59.0. The van der Waals surface area contributed by atoms with Crippen molar-refractivity contribution in [3.8, 4) is 11.5 Å². The Bertz CT molecular complexity index is 831. The van der Waals surface area contributed by atoms with E-state index in [9.17, 15) is 22.4 Å². The molecule has 0 saturated carbocycles. The van der Waals surface area contributed by atoms with Gasteiger partial charge in [-0.3, -0.25) is 0 Å². The molecule has 27 heavy (non-hydrogen) atoms. The Morgan fingerprint density at radius 2 is 1.96 bits per heavy atom. The number of aromatic nitrogens is 2. The summed E-state index contributed by atoms with van der Waals surface area (Å²) in [6, 6.07) is 1.46. The maximum atomic E-state index is 14.3. The summed E-state index contributed by atoms with van der Waals surface area (Å²) in [7, 11) is 0. The predicted octanol–water partition coefficient (Wildman–Crippen LogP) is 3.41. The summed E-state index contributed by atoms with van der Waals surface area (Å²) >= 11 is 0. The fourth-order valence-corrected chi connectivity index (χ4v) is 3.19. The van der Waals surface area contributed by atoms with E-state index in [1.54, 1.807) is 6.92 Å². The summed E-state index contributed by atoms with van der Waals surface area (Å²) in [6.07, 6.45) is -3.25. The quantitative estimate of drug-likeness (QED) is 0.673. The van der Waals surface area contributed by atoms with Gasteiger partial charge in [-0.25, -0.2) is 14.3 Å². The van der Waals surface area contributed by atoms with Crippen LogP contribution in [0.5, 0.6) is 0 Å². The maximum Gasteiger partial charge on any atom is 0.434 e. The topological polar surface area (TPSA) is 83.0 Å². The summed E-state index contributed by atoms with van der Waals surface area (Å²) in [5.74, 6) is -2.45. The largest absolute Gasteiger partial charge is 0.434 e. The first-order chi connectivity index (χ1) is 12.3. The maximum absolute atomic E-state index is 14.3. The highest BCUT2D eigenvalue weighted by molar-refractivity contribution is 5.85. The number of alkyl halides is 3. The highest BCUT2D eigenvalue weighted by Gasteiger charge is 2.38. The lowest BCUT2D eigenvalue weighted by Gasteiger charge is -2.30. The van der Waals surface area contributed by atoms with Gasteiger partial charge in [0.05, 0.1) is 5.69 Å². The van der Waals surface area contributed by atoms with Crippen molar-refractivity contribution in [1.29, 1.82) is 0 Å². The molecule has 150 valence electrons. The molecule has 0 aliphatic carbocycles. The first-order valence-corrected chi connectivity index (χ1v) is 8.19. The standard InChI is InChI=1S/C16H18F4N4O2.ClH/c1-8(9-2-4-21-5-3-9)22-12-7-10(14-23-24-15(25)26-14)6-11(17)13(12)16(18,19)20;/h6-9,21-22H,2-5H2,1H3,(H,24,25);1H. The van der Waals surface area contributed by atoms with E-state index in [4.69, 9.17) is 4.42 Å². The third-order valence-electron chi connectivity index (χ3n) is 4.53. The number of hydrogen-bond donors (Lipinski definition) is 3. The van der Waals surface area contributed by atoms with Crippen LogP contribution in [0.2, 0.25) is 0 Å². The molecule has 2 heterocycles. The minimum absolute atomic E-state index is 0. The Balaban J connectivity index is 0.00000261. The average molecular weight is 411 g/mol. The van der Waals surface area contributed by atoms with Crippen molar-refractivity contribution in [1.82, 2.24) is 15.5 Å². The molecule has 3 rings (SSSR count). The highest BCUT2D eigenvalue weighted by atomic mass is 35.5. The zero-order valence-corrected chi connectivity index (χ0v) is 15.1. The molecule has 1 fully saturated rings. The van der Waals surface area contributed by atoms with Crippen molar-refractivity contribution in [2.75, 3.05) is 18.4 Å². The van der Waals surface area contributed by atoms with Gasteiger partial charge >= 0.3 is 11.9 Å². The van der Waals surface area contributed by atoms with Gasteiger partial charge in [0, 0.05) is 11.6 Å². The van der Waals surface area contributed by atoms with Crippen molar-refractivity contribution < 1.29 is 22.0 Å². The lowest BCUT2D eigenvalue weighted by Crippen LogP contribution is -2.36. The van der Waals surface area contributed by atoms with Crippen molar-refractivity contribution in [3.05, 3.63) is 34.1 Å². The molecule has 3 N–H and O–H groups in total. The van der Waals surface area contributed by atoms with Crippen LogP contribution in [0.3, 0.4) is 0 Å². The molecule has 1 aliphatic rings. The van der Waals surface area contributed by atoms with Crippen LogP contribution < -0.4 is 16.4 Å². The zero-order chi connectivity index (χ0) is 18.9. The molecule has 0 amide bonds. The number of nitrogens with one attached hydrogen (secondary N) is 3. The normalized spacial score (nSPS) is 16.6. The molecule has 1 unspecified atom stereocenters. The second kappa shape index (κ2) is 8.30. The van der Waals surface area contributed by atoms with Crippen LogP contribution in [0.15, 0.2) is 21.3 Å². The lowest BCUT2D eigenvalue weighted by molar-refractivity contribution is -0.139. The number of halogens is 5. The van der Waals surface area contributed by atoms with E-state index in [0.29, 0.717) is 6.07 Å². The Morgan fingerprint density at radius 3 is 2.52 bits per heavy atom. The Kier molecular flexibility index (Phi) is 6.53. The highest BCUT2D eigenvalue weighted by Crippen LogP contribution is 2.39. The van der Waals surface area contributed by atoms with Crippen molar-refractivity contribution in [3.63, 3.8) is 0 Å². The van der Waals surface area contributed by atoms with E-state index in [-0.39, 0.29) is 35.8 Å². The number of nitrogens with zero attached hydrogens (tertiary/aromatic N) is 1. The number of hydrogen-bond acceptors (Lipinski definition) is 5. The molecule has 0 bridgehead atoms. The number of benzene rings is 1. The lowest BCUT2D eigenvalue weighted by atomic mass is 9.91. The Morgan fingerprint density at radius 1 is 1.30 bits per heavy atom. The first-order valence-electron chi connectivity index (χ1n) is 8.19. The van der Waals surface area contributed by atoms with E-state index < -0.39 is 29.0 Å². The summed E-state index contributed by atoms with van der Waals surface area (Å²) in [5, 5.41) is 11.5. The smallest absolute Gasteiger partial charge is 0.388 e. The molecule has 1 aliphatic heterocycles. The van der Waals surface area contributed by atoms with E-state index in [1.807, 2.05) is 5.10 Å². The average Bonchev–Trinajstić information content (AvgIpc) is 3.00. The summed E-state index contributed by atoms with van der Waals surface area (Å²) in [6.45, 7) is 3.35. The van der Waals surface area contributed by atoms with Gasteiger partial charge in [-0.2, -0.15) is 13.2 Å². The second-order valence-electron chi connectivity index (χ2n) is 6.32. The van der Waals surface area contributed by atoms with Crippen LogP contribution in [0.25, 0.3) is 11.5 Å². The van der Waals surface area contributed by atoms with Gasteiger partial charge in [0.15, 0.2) is 0 Å². The Hall–Kier alpha value is -2.07. The van der Waals surface area contributed by atoms with Gasteiger partial charge in [0.25, 0.3) is 0 Å². The van der Waals surface area contributed by atoms with E-state index in [0.717, 1.165) is 32.0 Å². The molecular formula is C16H19ClF4N4O2. The number of rotatable bonds is 4. The Labute approximate surface area is 158 Å². The van der Waals surface area contributed by atoms with Gasteiger partial charge in [-0.05, 0) is 50.9 Å². The van der Waals surface area contributed by atoms with Crippen LogP contribution in [-0.2, 0) is 6.18 Å².